The number of pyridine rings is 1. The third-order valence-corrected chi connectivity index (χ3v) is 2.48. The van der Waals surface area contributed by atoms with E-state index in [-0.39, 0.29) is 6.04 Å². The van der Waals surface area contributed by atoms with Crippen LogP contribution in [0.2, 0.25) is 0 Å². The van der Waals surface area contributed by atoms with Crippen LogP contribution in [0.5, 0.6) is 0 Å². The van der Waals surface area contributed by atoms with Crippen LogP contribution in [-0.4, -0.2) is 11.0 Å². The number of nitrogens with zero attached hydrogens (tertiary/aromatic N) is 1. The highest BCUT2D eigenvalue weighted by Gasteiger charge is 2.04. The number of aryl methyl sites for hydroxylation is 1. The van der Waals surface area contributed by atoms with Gasteiger partial charge in [-0.25, -0.2) is 0 Å². The average molecular weight is 200 g/mol. The molecule has 2 N–H and O–H groups in total. The van der Waals surface area contributed by atoms with Crippen LogP contribution in [0.25, 0.3) is 10.9 Å². The summed E-state index contributed by atoms with van der Waals surface area (Å²) in [4.78, 5) is 4.57. The molecule has 1 heterocycles. The van der Waals surface area contributed by atoms with Crippen LogP contribution < -0.4 is 5.73 Å². The van der Waals surface area contributed by atoms with Gasteiger partial charge in [-0.05, 0) is 31.9 Å². The number of benzene rings is 1. The highest BCUT2D eigenvalue weighted by molar-refractivity contribution is 5.81. The molecule has 1 unspecified atom stereocenters. The zero-order valence-corrected chi connectivity index (χ0v) is 9.20. The predicted octanol–water partition coefficient (Wildman–Crippen LogP) is 2.43. The summed E-state index contributed by atoms with van der Waals surface area (Å²) in [6, 6.07) is 10.6. The summed E-state index contributed by atoms with van der Waals surface area (Å²) < 4.78 is 0. The van der Waals surface area contributed by atoms with Crippen molar-refractivity contribution in [2.75, 3.05) is 0 Å². The van der Waals surface area contributed by atoms with E-state index < -0.39 is 0 Å². The molecule has 0 aliphatic carbocycles. The Hall–Kier alpha value is -1.41. The summed E-state index contributed by atoms with van der Waals surface area (Å²) >= 11 is 0. The molecule has 2 heteroatoms. The van der Waals surface area contributed by atoms with Crippen molar-refractivity contribution in [2.24, 2.45) is 5.73 Å². The van der Waals surface area contributed by atoms with Crippen molar-refractivity contribution in [1.82, 2.24) is 4.98 Å². The zero-order valence-electron chi connectivity index (χ0n) is 9.20. The van der Waals surface area contributed by atoms with E-state index in [4.69, 9.17) is 5.73 Å². The molecule has 78 valence electrons. The summed E-state index contributed by atoms with van der Waals surface area (Å²) in [7, 11) is 0. The smallest absolute Gasteiger partial charge is 0.0737 e. The molecule has 0 amide bonds. The SMILES string of the molecule is Cc1ccc2cccc(CC(C)N)c2n1. The number of para-hydroxylation sites is 1. The van der Waals surface area contributed by atoms with Gasteiger partial charge in [-0.1, -0.05) is 24.3 Å². The average Bonchev–Trinajstić information content (AvgIpc) is 2.18. The second kappa shape index (κ2) is 3.99. The van der Waals surface area contributed by atoms with Gasteiger partial charge in [0.05, 0.1) is 5.52 Å². The lowest BCUT2D eigenvalue weighted by molar-refractivity contribution is 0.740. The van der Waals surface area contributed by atoms with Crippen molar-refractivity contribution < 1.29 is 0 Å². The molecular weight excluding hydrogens is 184 g/mol. The summed E-state index contributed by atoms with van der Waals surface area (Å²) in [5, 5.41) is 1.19. The van der Waals surface area contributed by atoms with Crippen LogP contribution >= 0.6 is 0 Å². The third kappa shape index (κ3) is 2.16. The van der Waals surface area contributed by atoms with Crippen molar-refractivity contribution in [2.45, 2.75) is 26.3 Å². The first kappa shape index (κ1) is 10.1. The van der Waals surface area contributed by atoms with Crippen LogP contribution in [0, 0.1) is 6.92 Å². The summed E-state index contributed by atoms with van der Waals surface area (Å²) in [6.07, 6.45) is 0.883. The van der Waals surface area contributed by atoms with E-state index in [9.17, 15) is 0 Å². The highest BCUT2D eigenvalue weighted by atomic mass is 14.7. The minimum atomic E-state index is 0.179. The van der Waals surface area contributed by atoms with Gasteiger partial charge >= 0.3 is 0 Å². The molecular formula is C13H16N2. The maximum absolute atomic E-state index is 5.83. The first-order valence-electron chi connectivity index (χ1n) is 5.27. The van der Waals surface area contributed by atoms with Gasteiger partial charge in [0.15, 0.2) is 0 Å². The van der Waals surface area contributed by atoms with E-state index in [1.807, 2.05) is 19.9 Å². The first-order chi connectivity index (χ1) is 7.16. The normalized spacial score (nSPS) is 13.0. The Morgan fingerprint density at radius 1 is 1.27 bits per heavy atom. The van der Waals surface area contributed by atoms with Crippen molar-refractivity contribution >= 4 is 10.9 Å². The Balaban J connectivity index is 2.58. The van der Waals surface area contributed by atoms with E-state index in [2.05, 4.69) is 29.2 Å². The van der Waals surface area contributed by atoms with Gasteiger partial charge in [-0.2, -0.15) is 0 Å². The Morgan fingerprint density at radius 3 is 2.80 bits per heavy atom. The molecule has 1 aromatic heterocycles. The number of fused-ring (bicyclic) bond motifs is 1. The fourth-order valence-electron chi connectivity index (χ4n) is 1.82. The Morgan fingerprint density at radius 2 is 2.07 bits per heavy atom. The molecule has 2 nitrogen and oxygen atoms in total. The molecule has 0 spiro atoms. The van der Waals surface area contributed by atoms with Gasteiger partial charge in [0.1, 0.15) is 0 Å². The van der Waals surface area contributed by atoms with Gasteiger partial charge in [-0.3, -0.25) is 4.98 Å². The molecule has 0 fully saturated rings. The molecule has 2 aromatic rings. The lowest BCUT2D eigenvalue weighted by Crippen LogP contribution is -2.18. The molecule has 0 saturated heterocycles. The van der Waals surface area contributed by atoms with Gasteiger partial charge in [-0.15, -0.1) is 0 Å². The molecule has 2 rings (SSSR count). The number of nitrogens with two attached hydrogens (primary N) is 1. The lowest BCUT2D eigenvalue weighted by Gasteiger charge is -2.08. The monoisotopic (exact) mass is 200 g/mol. The Labute approximate surface area is 90.1 Å². The quantitative estimate of drug-likeness (QED) is 0.808. The minimum Gasteiger partial charge on any atom is -0.328 e. The topological polar surface area (TPSA) is 38.9 Å². The molecule has 0 radical (unpaired) electrons. The van der Waals surface area contributed by atoms with E-state index in [0.29, 0.717) is 0 Å². The maximum atomic E-state index is 5.83. The number of hydrogen-bond acceptors (Lipinski definition) is 2. The number of hydrogen-bond donors (Lipinski definition) is 1. The van der Waals surface area contributed by atoms with Crippen molar-refractivity contribution in [3.8, 4) is 0 Å². The Bertz CT molecular complexity index is 475. The predicted molar refractivity (Wildman–Crippen MR) is 63.8 cm³/mol. The van der Waals surface area contributed by atoms with Gasteiger partial charge < -0.3 is 5.73 Å². The molecule has 0 aliphatic rings. The Kier molecular flexibility index (Phi) is 2.69. The standard InChI is InChI=1S/C13H16N2/c1-9(14)8-12-5-3-4-11-7-6-10(2)15-13(11)12/h3-7,9H,8,14H2,1-2H3. The molecule has 0 saturated carbocycles. The third-order valence-electron chi connectivity index (χ3n) is 2.48. The first-order valence-corrected chi connectivity index (χ1v) is 5.27. The molecule has 0 bridgehead atoms. The van der Waals surface area contributed by atoms with Crippen LogP contribution in [0.4, 0.5) is 0 Å². The van der Waals surface area contributed by atoms with E-state index in [1.54, 1.807) is 0 Å². The van der Waals surface area contributed by atoms with Crippen LogP contribution in [-0.2, 0) is 6.42 Å². The fraction of sp³-hybridized carbons (Fsp3) is 0.308. The summed E-state index contributed by atoms with van der Waals surface area (Å²) in [5.74, 6) is 0. The number of aromatic nitrogens is 1. The lowest BCUT2D eigenvalue weighted by atomic mass is 10.0. The van der Waals surface area contributed by atoms with Gasteiger partial charge in [0, 0.05) is 17.1 Å². The minimum absolute atomic E-state index is 0.179. The molecule has 1 aromatic carbocycles. The van der Waals surface area contributed by atoms with Gasteiger partial charge in [0.25, 0.3) is 0 Å². The van der Waals surface area contributed by atoms with Gasteiger partial charge in [0.2, 0.25) is 0 Å². The van der Waals surface area contributed by atoms with E-state index in [0.717, 1.165) is 17.6 Å². The van der Waals surface area contributed by atoms with E-state index >= 15 is 0 Å². The van der Waals surface area contributed by atoms with Crippen molar-refractivity contribution in [3.05, 3.63) is 41.6 Å². The van der Waals surface area contributed by atoms with Crippen LogP contribution in [0.1, 0.15) is 18.2 Å². The largest absolute Gasteiger partial charge is 0.328 e. The second-order valence-corrected chi connectivity index (χ2v) is 4.12. The fourth-order valence-corrected chi connectivity index (χ4v) is 1.82. The van der Waals surface area contributed by atoms with Crippen molar-refractivity contribution in [3.63, 3.8) is 0 Å². The molecule has 0 aliphatic heterocycles. The van der Waals surface area contributed by atoms with E-state index in [1.165, 1.54) is 10.9 Å². The highest BCUT2D eigenvalue weighted by Crippen LogP contribution is 2.18. The maximum Gasteiger partial charge on any atom is 0.0737 e. The molecule has 1 atom stereocenters. The number of rotatable bonds is 2. The molecule has 15 heavy (non-hydrogen) atoms. The van der Waals surface area contributed by atoms with Crippen molar-refractivity contribution in [1.29, 1.82) is 0 Å². The summed E-state index contributed by atoms with van der Waals surface area (Å²) in [5.41, 5.74) is 9.22. The van der Waals surface area contributed by atoms with Crippen LogP contribution in [0.3, 0.4) is 0 Å². The second-order valence-electron chi connectivity index (χ2n) is 4.12. The van der Waals surface area contributed by atoms with Crippen LogP contribution in [0.15, 0.2) is 30.3 Å². The summed E-state index contributed by atoms with van der Waals surface area (Å²) in [6.45, 7) is 4.04. The zero-order chi connectivity index (χ0) is 10.8.